The van der Waals surface area contributed by atoms with Gasteiger partial charge >= 0.3 is 5.69 Å². The first kappa shape index (κ1) is 12.2. The molecule has 1 aromatic heterocycles. The summed E-state index contributed by atoms with van der Waals surface area (Å²) in [7, 11) is 0. The molecule has 1 aromatic rings. The summed E-state index contributed by atoms with van der Waals surface area (Å²) in [6.45, 7) is 0. The van der Waals surface area contributed by atoms with Crippen LogP contribution in [0.25, 0.3) is 6.08 Å². The molecule has 0 atom stereocenters. The van der Waals surface area contributed by atoms with Gasteiger partial charge in [0, 0.05) is 4.91 Å². The molecule has 0 unspecified atom stereocenters. The Morgan fingerprint density at radius 1 is 1.33 bits per heavy atom. The number of H-pyrrole nitrogens is 2. The van der Waals surface area contributed by atoms with E-state index in [9.17, 15) is 14.7 Å². The third-order valence-corrected chi connectivity index (χ3v) is 2.90. The van der Waals surface area contributed by atoms with Crippen molar-refractivity contribution in [3.63, 3.8) is 0 Å². The Balaban J connectivity index is 2.37. The van der Waals surface area contributed by atoms with Crippen LogP contribution >= 0.6 is 11.8 Å². The van der Waals surface area contributed by atoms with Crippen LogP contribution in [0, 0.1) is 0 Å². The van der Waals surface area contributed by atoms with E-state index in [0.29, 0.717) is 9.95 Å². The van der Waals surface area contributed by atoms with Crippen LogP contribution in [0.5, 0.6) is 5.88 Å². The van der Waals surface area contributed by atoms with Crippen molar-refractivity contribution in [1.82, 2.24) is 9.97 Å². The average Bonchev–Trinajstić information content (AvgIpc) is 2.72. The maximum atomic E-state index is 11.4. The van der Waals surface area contributed by atoms with E-state index in [4.69, 9.17) is 5.26 Å². The lowest BCUT2D eigenvalue weighted by Gasteiger charge is -1.98. The predicted octanol–water partition coefficient (Wildman–Crippen LogP) is 0.216. The van der Waals surface area contributed by atoms with E-state index in [2.05, 4.69) is 15.1 Å². The monoisotopic (exact) mass is 269 g/mol. The fourth-order valence-corrected chi connectivity index (χ4v) is 2.03. The third kappa shape index (κ3) is 2.52. The molecular weight excluding hydrogens is 262 g/mol. The molecule has 1 aliphatic rings. The van der Waals surface area contributed by atoms with Crippen molar-refractivity contribution < 1.29 is 15.4 Å². The van der Waals surface area contributed by atoms with Crippen molar-refractivity contribution in [2.45, 2.75) is 0 Å². The molecule has 2 heterocycles. The number of aromatic amines is 2. The van der Waals surface area contributed by atoms with Crippen LogP contribution in [0.3, 0.4) is 0 Å². The molecule has 18 heavy (non-hydrogen) atoms. The van der Waals surface area contributed by atoms with Gasteiger partial charge in [0.05, 0.1) is 0 Å². The highest BCUT2D eigenvalue weighted by atomic mass is 32.2. The summed E-state index contributed by atoms with van der Waals surface area (Å²) >= 11 is 1.11. The number of aromatic hydroxyl groups is 1. The normalized spacial score (nSPS) is 18.7. The number of nitrogens with zero attached hydrogens (tertiary/aromatic N) is 1. The molecule has 0 aromatic carbocycles. The number of hydrogen-bond acceptors (Lipinski definition) is 7. The maximum absolute atomic E-state index is 11.4. The van der Waals surface area contributed by atoms with Crippen LogP contribution in [0.1, 0.15) is 5.56 Å². The molecule has 1 aliphatic heterocycles. The molecule has 0 aliphatic carbocycles. The summed E-state index contributed by atoms with van der Waals surface area (Å²) in [6.07, 6.45) is 4.52. The summed E-state index contributed by atoms with van der Waals surface area (Å²) in [6, 6.07) is 0. The molecule has 2 rings (SSSR count). The lowest BCUT2D eigenvalue weighted by atomic mass is 10.3. The number of rotatable bonds is 2. The topological polar surface area (TPSA) is 128 Å². The first-order valence-corrected chi connectivity index (χ1v) is 5.43. The minimum absolute atomic E-state index is 0.0760. The van der Waals surface area contributed by atoms with Crippen LogP contribution in [0.4, 0.5) is 0 Å². The number of hydrogen-bond donors (Lipinski definition) is 4. The van der Waals surface area contributed by atoms with E-state index in [0.717, 1.165) is 11.8 Å². The molecule has 9 heteroatoms. The van der Waals surface area contributed by atoms with Gasteiger partial charge in [0.1, 0.15) is 10.6 Å². The molecule has 0 saturated heterocycles. The first-order valence-electron chi connectivity index (χ1n) is 4.62. The standard InChI is InChI=1S/C9H7N3O5S/c13-7-5(8(14)11-9(15)10-7)3-4-1-2-6(18-4)12-17-16/h1-3,16H,(H3,10,11,13,14,15)/b4-3-,12-6-. The van der Waals surface area contributed by atoms with Crippen LogP contribution in [0.15, 0.2) is 31.8 Å². The van der Waals surface area contributed by atoms with Gasteiger partial charge in [-0.3, -0.25) is 14.8 Å². The van der Waals surface area contributed by atoms with Crippen molar-refractivity contribution in [1.29, 1.82) is 0 Å². The zero-order valence-corrected chi connectivity index (χ0v) is 9.52. The van der Waals surface area contributed by atoms with E-state index < -0.39 is 17.1 Å². The largest absolute Gasteiger partial charge is 0.494 e. The van der Waals surface area contributed by atoms with Gasteiger partial charge in [0.15, 0.2) is 0 Å². The van der Waals surface area contributed by atoms with Crippen molar-refractivity contribution in [2.24, 2.45) is 5.16 Å². The second kappa shape index (κ2) is 4.94. The van der Waals surface area contributed by atoms with Gasteiger partial charge in [-0.1, -0.05) is 11.8 Å². The molecule has 94 valence electrons. The number of aromatic nitrogens is 2. The Kier molecular flexibility index (Phi) is 3.35. The van der Waals surface area contributed by atoms with Gasteiger partial charge in [-0.05, 0) is 23.4 Å². The fourth-order valence-electron chi connectivity index (χ4n) is 1.27. The summed E-state index contributed by atoms with van der Waals surface area (Å²) in [5.74, 6) is -0.519. The molecule has 0 spiro atoms. The Labute approximate surface area is 103 Å². The zero-order chi connectivity index (χ0) is 13.1. The maximum Gasteiger partial charge on any atom is 0.328 e. The van der Waals surface area contributed by atoms with Crippen molar-refractivity contribution in [3.05, 3.63) is 43.5 Å². The lowest BCUT2D eigenvalue weighted by molar-refractivity contribution is -0.242. The molecule has 0 radical (unpaired) electrons. The second-order valence-corrected chi connectivity index (χ2v) is 4.26. The summed E-state index contributed by atoms with van der Waals surface area (Å²) < 4.78 is 0. The highest BCUT2D eigenvalue weighted by Crippen LogP contribution is 2.29. The highest BCUT2D eigenvalue weighted by Gasteiger charge is 2.12. The SMILES string of the molecule is O=c1[nH]c(O)c(/C=C2C=C/C(=N/OO)S/2)c(=O)[nH]1. The number of thioether (sulfide) groups is 1. The van der Waals surface area contributed by atoms with Gasteiger partial charge in [0.25, 0.3) is 5.56 Å². The number of allylic oxidation sites excluding steroid dienone is 1. The molecule has 0 fully saturated rings. The predicted molar refractivity (Wildman–Crippen MR) is 65.2 cm³/mol. The first-order chi connectivity index (χ1) is 8.60. The number of oxime groups is 1. The summed E-state index contributed by atoms with van der Waals surface area (Å²) in [5, 5.41) is 21.2. The molecular formula is C9H7N3O5S. The quantitative estimate of drug-likeness (QED) is 0.449. The Bertz CT molecular complexity index is 670. The smallest absolute Gasteiger partial charge is 0.328 e. The van der Waals surface area contributed by atoms with Crippen LogP contribution in [0.2, 0.25) is 0 Å². The zero-order valence-electron chi connectivity index (χ0n) is 8.71. The Hall–Kier alpha value is -2.26. The fraction of sp³-hybridized carbons (Fsp3) is 0. The second-order valence-electron chi connectivity index (χ2n) is 3.16. The van der Waals surface area contributed by atoms with Gasteiger partial charge in [0.2, 0.25) is 5.88 Å². The van der Waals surface area contributed by atoms with E-state index in [1.54, 1.807) is 12.2 Å². The van der Waals surface area contributed by atoms with Gasteiger partial charge < -0.3 is 5.11 Å². The minimum atomic E-state index is -0.787. The third-order valence-electron chi connectivity index (χ3n) is 1.99. The van der Waals surface area contributed by atoms with Crippen molar-refractivity contribution in [2.75, 3.05) is 0 Å². The van der Waals surface area contributed by atoms with E-state index in [1.165, 1.54) is 6.08 Å². The molecule has 4 N–H and O–H groups in total. The lowest BCUT2D eigenvalue weighted by Crippen LogP contribution is -2.23. The molecule has 0 saturated carbocycles. The Morgan fingerprint density at radius 2 is 2.11 bits per heavy atom. The van der Waals surface area contributed by atoms with Crippen LogP contribution in [-0.2, 0) is 4.99 Å². The van der Waals surface area contributed by atoms with Crippen molar-refractivity contribution in [3.8, 4) is 5.88 Å². The van der Waals surface area contributed by atoms with Gasteiger partial charge in [-0.2, -0.15) is 5.26 Å². The van der Waals surface area contributed by atoms with Crippen LogP contribution in [-0.4, -0.2) is 25.4 Å². The summed E-state index contributed by atoms with van der Waals surface area (Å²) in [5.41, 5.74) is -1.57. The highest BCUT2D eigenvalue weighted by molar-refractivity contribution is 8.18. The molecule has 0 amide bonds. The van der Waals surface area contributed by atoms with Gasteiger partial charge in [-0.15, -0.1) is 0 Å². The molecule has 0 bridgehead atoms. The van der Waals surface area contributed by atoms with E-state index >= 15 is 0 Å². The van der Waals surface area contributed by atoms with E-state index in [1.807, 2.05) is 4.98 Å². The van der Waals surface area contributed by atoms with E-state index in [-0.39, 0.29) is 5.56 Å². The molecule has 8 nitrogen and oxygen atoms in total. The van der Waals surface area contributed by atoms with Crippen molar-refractivity contribution >= 4 is 22.9 Å². The van der Waals surface area contributed by atoms with Gasteiger partial charge in [-0.25, -0.2) is 9.78 Å². The average molecular weight is 269 g/mol. The number of nitrogens with one attached hydrogen (secondary N) is 2. The minimum Gasteiger partial charge on any atom is -0.494 e. The van der Waals surface area contributed by atoms with Crippen LogP contribution < -0.4 is 11.2 Å². The summed E-state index contributed by atoms with van der Waals surface area (Å²) in [4.78, 5) is 30.6. The Morgan fingerprint density at radius 3 is 2.78 bits per heavy atom.